The van der Waals surface area contributed by atoms with Crippen molar-refractivity contribution in [1.29, 1.82) is 0 Å². The van der Waals surface area contributed by atoms with Crippen LogP contribution in [0.15, 0.2) is 73.2 Å². The van der Waals surface area contributed by atoms with Crippen LogP contribution < -0.4 is 10.6 Å². The second kappa shape index (κ2) is 7.42. The van der Waals surface area contributed by atoms with E-state index >= 15 is 0 Å². The van der Waals surface area contributed by atoms with Crippen molar-refractivity contribution in [3.05, 3.63) is 90.3 Å². The standard InChI is InChI=1S/C26H20FN5O3/c1-15-11-31-12-17(5-9-22(31)28-15)16-2-6-19(7-3-16)26(24(34)29-25(35)30-26)14-32-13-18-4-8-20(27)10-21(18)23(32)33/h2-13,33H,14H2,1H3,(H2,29,30,34,35)/t26-/m0/s1. The Morgan fingerprint density at radius 3 is 2.51 bits per heavy atom. The Balaban J connectivity index is 1.40. The number of nitrogens with one attached hydrogen (secondary N) is 2. The fourth-order valence-corrected chi connectivity index (χ4v) is 4.73. The van der Waals surface area contributed by atoms with Crippen molar-refractivity contribution < 1.29 is 19.1 Å². The monoisotopic (exact) mass is 469 g/mol. The summed E-state index contributed by atoms with van der Waals surface area (Å²) in [4.78, 5) is 29.7. The number of carbonyl (C=O) groups is 2. The van der Waals surface area contributed by atoms with Crippen LogP contribution in [0.5, 0.6) is 5.88 Å². The zero-order chi connectivity index (χ0) is 24.3. The molecule has 1 aliphatic rings. The number of halogens is 1. The Labute approximate surface area is 198 Å². The predicted octanol–water partition coefficient (Wildman–Crippen LogP) is 3.84. The SMILES string of the molecule is Cc1cn2cc(-c3ccc([C@]4(Cn5cc6ccc(F)cc6c5O)NC(=O)NC4=O)cc3)ccc2n1. The number of nitrogens with zero attached hydrogens (tertiary/aromatic N) is 3. The summed E-state index contributed by atoms with van der Waals surface area (Å²) in [5.41, 5.74) is 2.76. The van der Waals surface area contributed by atoms with E-state index in [0.717, 1.165) is 22.5 Å². The third-order valence-electron chi connectivity index (χ3n) is 6.45. The number of urea groups is 1. The first-order valence-corrected chi connectivity index (χ1v) is 11.0. The number of aromatic nitrogens is 3. The van der Waals surface area contributed by atoms with Gasteiger partial charge in [0.2, 0.25) is 0 Å². The highest BCUT2D eigenvalue weighted by Gasteiger charge is 2.48. The van der Waals surface area contributed by atoms with Gasteiger partial charge in [-0.2, -0.15) is 0 Å². The lowest BCUT2D eigenvalue weighted by molar-refractivity contribution is -0.124. The van der Waals surface area contributed by atoms with E-state index in [1.165, 1.54) is 16.7 Å². The summed E-state index contributed by atoms with van der Waals surface area (Å²) in [6, 6.07) is 14.7. The van der Waals surface area contributed by atoms with Gasteiger partial charge in [-0.25, -0.2) is 14.2 Å². The molecule has 1 fully saturated rings. The van der Waals surface area contributed by atoms with Crippen LogP contribution in [0.3, 0.4) is 0 Å². The van der Waals surface area contributed by atoms with E-state index in [0.29, 0.717) is 16.3 Å². The van der Waals surface area contributed by atoms with Crippen molar-refractivity contribution in [3.8, 4) is 17.0 Å². The Morgan fingerprint density at radius 2 is 1.77 bits per heavy atom. The van der Waals surface area contributed by atoms with Gasteiger partial charge in [0.05, 0.1) is 12.2 Å². The maximum atomic E-state index is 13.7. The van der Waals surface area contributed by atoms with Crippen LogP contribution in [0, 0.1) is 12.7 Å². The van der Waals surface area contributed by atoms with Gasteiger partial charge in [0, 0.05) is 29.4 Å². The summed E-state index contributed by atoms with van der Waals surface area (Å²) < 4.78 is 17.1. The summed E-state index contributed by atoms with van der Waals surface area (Å²) in [7, 11) is 0. The Morgan fingerprint density at radius 1 is 1.00 bits per heavy atom. The number of benzene rings is 2. The van der Waals surface area contributed by atoms with E-state index < -0.39 is 23.3 Å². The number of imidazole rings is 1. The topological polar surface area (TPSA) is 101 Å². The minimum Gasteiger partial charge on any atom is -0.494 e. The van der Waals surface area contributed by atoms with E-state index in [2.05, 4.69) is 15.6 Å². The Hall–Kier alpha value is -4.66. The zero-order valence-electron chi connectivity index (χ0n) is 18.6. The molecule has 2 aromatic carbocycles. The number of aryl methyl sites for hydroxylation is 1. The van der Waals surface area contributed by atoms with Crippen molar-refractivity contribution in [1.82, 2.24) is 24.6 Å². The van der Waals surface area contributed by atoms with Crippen LogP contribution in [0.2, 0.25) is 0 Å². The molecule has 0 aliphatic carbocycles. The second-order valence-electron chi connectivity index (χ2n) is 8.77. The number of rotatable bonds is 4. The van der Waals surface area contributed by atoms with Gasteiger partial charge in [-0.05, 0) is 53.9 Å². The quantitative estimate of drug-likeness (QED) is 0.348. The predicted molar refractivity (Wildman–Crippen MR) is 127 cm³/mol. The van der Waals surface area contributed by atoms with Crippen LogP contribution in [0.25, 0.3) is 27.5 Å². The van der Waals surface area contributed by atoms with Gasteiger partial charge >= 0.3 is 6.03 Å². The molecule has 4 heterocycles. The maximum Gasteiger partial charge on any atom is 0.322 e. The third kappa shape index (κ3) is 3.31. The van der Waals surface area contributed by atoms with Gasteiger partial charge in [-0.15, -0.1) is 0 Å². The molecule has 1 saturated heterocycles. The van der Waals surface area contributed by atoms with Crippen molar-refractivity contribution in [2.75, 3.05) is 0 Å². The lowest BCUT2D eigenvalue weighted by Gasteiger charge is -2.27. The van der Waals surface area contributed by atoms with Gasteiger partial charge in [-0.3, -0.25) is 10.1 Å². The molecule has 8 nitrogen and oxygen atoms in total. The van der Waals surface area contributed by atoms with E-state index in [1.54, 1.807) is 24.4 Å². The minimum absolute atomic E-state index is 0.0771. The van der Waals surface area contributed by atoms with Gasteiger partial charge in [0.25, 0.3) is 5.91 Å². The van der Waals surface area contributed by atoms with Crippen LogP contribution >= 0.6 is 0 Å². The molecule has 9 heteroatoms. The maximum absolute atomic E-state index is 13.7. The second-order valence-corrected chi connectivity index (χ2v) is 8.77. The molecule has 3 aromatic heterocycles. The first kappa shape index (κ1) is 20.9. The molecule has 1 atom stereocenters. The minimum atomic E-state index is -1.45. The molecule has 0 saturated carbocycles. The van der Waals surface area contributed by atoms with Crippen molar-refractivity contribution in [2.45, 2.75) is 19.0 Å². The highest BCUT2D eigenvalue weighted by Crippen LogP contribution is 2.34. The number of aromatic hydroxyl groups is 1. The van der Waals surface area contributed by atoms with Gasteiger partial charge < -0.3 is 19.4 Å². The van der Waals surface area contributed by atoms with Crippen molar-refractivity contribution in [3.63, 3.8) is 0 Å². The molecule has 1 aliphatic heterocycles. The molecule has 174 valence electrons. The van der Waals surface area contributed by atoms with Crippen LogP contribution in [0.1, 0.15) is 11.3 Å². The van der Waals surface area contributed by atoms with Crippen molar-refractivity contribution >= 4 is 28.4 Å². The summed E-state index contributed by atoms with van der Waals surface area (Å²) in [5.74, 6) is -1.20. The highest BCUT2D eigenvalue weighted by atomic mass is 19.1. The fourth-order valence-electron chi connectivity index (χ4n) is 4.73. The van der Waals surface area contributed by atoms with Crippen LogP contribution in [-0.2, 0) is 16.9 Å². The average Bonchev–Trinajstić information content (AvgIpc) is 3.46. The lowest BCUT2D eigenvalue weighted by atomic mass is 9.88. The molecule has 6 rings (SSSR count). The molecule has 0 bridgehead atoms. The molecule has 0 radical (unpaired) electrons. The zero-order valence-corrected chi connectivity index (χ0v) is 18.6. The first-order chi connectivity index (χ1) is 16.8. The number of imide groups is 1. The third-order valence-corrected chi connectivity index (χ3v) is 6.45. The molecular formula is C26H20FN5O3. The molecule has 0 unspecified atom stereocenters. The van der Waals surface area contributed by atoms with E-state index in [-0.39, 0.29) is 12.4 Å². The number of hydrogen-bond donors (Lipinski definition) is 3. The van der Waals surface area contributed by atoms with Crippen LogP contribution in [-0.4, -0.2) is 31.0 Å². The lowest BCUT2D eigenvalue weighted by Crippen LogP contribution is -2.47. The number of carbonyl (C=O) groups excluding carboxylic acids is 2. The average molecular weight is 469 g/mol. The normalized spacial score (nSPS) is 17.8. The van der Waals surface area contributed by atoms with E-state index in [1.807, 2.05) is 48.0 Å². The summed E-state index contributed by atoms with van der Waals surface area (Å²) in [6.07, 6.45) is 5.55. The number of hydrogen-bond acceptors (Lipinski definition) is 4. The summed E-state index contributed by atoms with van der Waals surface area (Å²) in [6.45, 7) is 1.86. The molecular weight excluding hydrogens is 449 g/mol. The number of pyridine rings is 1. The molecule has 0 spiro atoms. The van der Waals surface area contributed by atoms with E-state index in [4.69, 9.17) is 0 Å². The Kier molecular flexibility index (Phi) is 4.44. The molecule has 5 aromatic rings. The van der Waals surface area contributed by atoms with Gasteiger partial charge in [0.1, 0.15) is 11.5 Å². The van der Waals surface area contributed by atoms with E-state index in [9.17, 15) is 19.1 Å². The summed E-state index contributed by atoms with van der Waals surface area (Å²) in [5, 5.41) is 16.7. The number of fused-ring (bicyclic) bond motifs is 2. The summed E-state index contributed by atoms with van der Waals surface area (Å²) >= 11 is 0. The highest BCUT2D eigenvalue weighted by molar-refractivity contribution is 6.07. The van der Waals surface area contributed by atoms with Gasteiger partial charge in [-0.1, -0.05) is 24.3 Å². The fraction of sp³-hybridized carbons (Fsp3) is 0.115. The molecule has 3 amide bonds. The number of amides is 3. The van der Waals surface area contributed by atoms with Gasteiger partial charge in [0.15, 0.2) is 11.4 Å². The van der Waals surface area contributed by atoms with Crippen LogP contribution in [0.4, 0.5) is 9.18 Å². The molecule has 3 N–H and O–H groups in total. The van der Waals surface area contributed by atoms with Crippen molar-refractivity contribution in [2.24, 2.45) is 0 Å². The molecule has 35 heavy (non-hydrogen) atoms. The largest absolute Gasteiger partial charge is 0.494 e. The Bertz CT molecular complexity index is 1650. The smallest absolute Gasteiger partial charge is 0.322 e. The first-order valence-electron chi connectivity index (χ1n) is 11.0.